The predicted molar refractivity (Wildman–Crippen MR) is 71.9 cm³/mol. The Morgan fingerprint density at radius 3 is 2.84 bits per heavy atom. The lowest BCUT2D eigenvalue weighted by atomic mass is 9.91. The van der Waals surface area contributed by atoms with Crippen LogP contribution in [0.3, 0.4) is 0 Å². The van der Waals surface area contributed by atoms with Gasteiger partial charge in [0.15, 0.2) is 0 Å². The van der Waals surface area contributed by atoms with Gasteiger partial charge in [-0.25, -0.2) is 4.39 Å². The van der Waals surface area contributed by atoms with Crippen molar-refractivity contribution in [3.05, 3.63) is 41.7 Å². The van der Waals surface area contributed by atoms with Crippen molar-refractivity contribution in [3.63, 3.8) is 0 Å². The van der Waals surface area contributed by atoms with Crippen molar-refractivity contribution in [1.82, 2.24) is 4.90 Å². The van der Waals surface area contributed by atoms with Crippen LogP contribution >= 0.6 is 0 Å². The van der Waals surface area contributed by atoms with Gasteiger partial charge in [-0.1, -0.05) is 12.1 Å². The van der Waals surface area contributed by atoms with E-state index in [4.69, 9.17) is 5.11 Å². The van der Waals surface area contributed by atoms with E-state index in [-0.39, 0.29) is 24.4 Å². The predicted octanol–water partition coefficient (Wildman–Crippen LogP) is 2.21. The van der Waals surface area contributed by atoms with Gasteiger partial charge in [-0.2, -0.15) is 0 Å². The molecule has 1 amide bonds. The van der Waals surface area contributed by atoms with E-state index >= 15 is 0 Å². The van der Waals surface area contributed by atoms with Crippen LogP contribution in [0.25, 0.3) is 6.08 Å². The second-order valence-electron chi connectivity index (χ2n) is 4.73. The summed E-state index contributed by atoms with van der Waals surface area (Å²) in [6.07, 6.45) is 6.18. The number of amides is 1. The van der Waals surface area contributed by atoms with E-state index in [1.165, 1.54) is 18.2 Å². The van der Waals surface area contributed by atoms with E-state index in [2.05, 4.69) is 0 Å². The number of aliphatic hydroxyl groups is 1. The molecule has 0 saturated heterocycles. The lowest BCUT2D eigenvalue weighted by molar-refractivity contribution is -0.130. The smallest absolute Gasteiger partial charge is 0.246 e. The molecule has 0 heterocycles. The summed E-state index contributed by atoms with van der Waals surface area (Å²) in [7, 11) is 0. The minimum atomic E-state index is -0.319. The van der Waals surface area contributed by atoms with Crippen molar-refractivity contribution in [2.24, 2.45) is 0 Å². The SMILES string of the molecule is O=C(/C=C/c1cccc(F)c1)N(CCO)C1CCC1. The Morgan fingerprint density at radius 2 is 2.26 bits per heavy atom. The molecule has 102 valence electrons. The molecule has 3 nitrogen and oxygen atoms in total. The van der Waals surface area contributed by atoms with Crippen LogP contribution in [-0.4, -0.2) is 35.1 Å². The Labute approximate surface area is 112 Å². The van der Waals surface area contributed by atoms with E-state index in [9.17, 15) is 9.18 Å². The molecule has 0 unspecified atom stereocenters. The lowest BCUT2D eigenvalue weighted by Gasteiger charge is -2.36. The van der Waals surface area contributed by atoms with E-state index in [0.717, 1.165) is 19.3 Å². The molecule has 0 radical (unpaired) electrons. The summed E-state index contributed by atoms with van der Waals surface area (Å²) in [5.74, 6) is -0.441. The Kier molecular flexibility index (Phi) is 4.68. The van der Waals surface area contributed by atoms with E-state index in [1.54, 1.807) is 23.1 Å². The molecule has 2 rings (SSSR count). The molecule has 0 aromatic heterocycles. The molecule has 0 spiro atoms. The number of nitrogens with zero attached hydrogens (tertiary/aromatic N) is 1. The molecular weight excluding hydrogens is 245 g/mol. The van der Waals surface area contributed by atoms with Crippen LogP contribution in [0.2, 0.25) is 0 Å². The first-order valence-corrected chi connectivity index (χ1v) is 6.56. The maximum absolute atomic E-state index is 13.0. The fraction of sp³-hybridized carbons (Fsp3) is 0.400. The molecule has 1 aliphatic rings. The quantitative estimate of drug-likeness (QED) is 0.827. The Morgan fingerprint density at radius 1 is 1.47 bits per heavy atom. The van der Waals surface area contributed by atoms with Crippen molar-refractivity contribution in [2.45, 2.75) is 25.3 Å². The molecule has 19 heavy (non-hydrogen) atoms. The van der Waals surface area contributed by atoms with Crippen LogP contribution in [0.15, 0.2) is 30.3 Å². The van der Waals surface area contributed by atoms with Crippen LogP contribution in [0.4, 0.5) is 4.39 Å². The highest BCUT2D eigenvalue weighted by Gasteiger charge is 2.26. The summed E-state index contributed by atoms with van der Waals surface area (Å²) in [5, 5.41) is 9.01. The monoisotopic (exact) mass is 263 g/mol. The van der Waals surface area contributed by atoms with E-state index in [1.807, 2.05) is 0 Å². The van der Waals surface area contributed by atoms with Gasteiger partial charge in [-0.05, 0) is 43.0 Å². The highest BCUT2D eigenvalue weighted by molar-refractivity contribution is 5.92. The number of aliphatic hydroxyl groups excluding tert-OH is 1. The van der Waals surface area contributed by atoms with Crippen LogP contribution < -0.4 is 0 Å². The van der Waals surface area contributed by atoms with Crippen molar-refractivity contribution >= 4 is 12.0 Å². The van der Waals surface area contributed by atoms with Gasteiger partial charge in [0.1, 0.15) is 5.82 Å². The summed E-state index contributed by atoms with van der Waals surface area (Å²) in [6, 6.07) is 6.34. The number of hydrogen-bond acceptors (Lipinski definition) is 2. The molecule has 4 heteroatoms. The minimum Gasteiger partial charge on any atom is -0.395 e. The zero-order chi connectivity index (χ0) is 13.7. The number of benzene rings is 1. The third-order valence-corrected chi connectivity index (χ3v) is 3.41. The first-order chi connectivity index (χ1) is 9.20. The molecule has 0 aliphatic heterocycles. The topological polar surface area (TPSA) is 40.5 Å². The molecule has 1 aromatic carbocycles. The summed E-state index contributed by atoms with van der Waals surface area (Å²) >= 11 is 0. The molecule has 1 saturated carbocycles. The highest BCUT2D eigenvalue weighted by atomic mass is 19.1. The molecule has 1 N–H and O–H groups in total. The number of rotatable bonds is 5. The zero-order valence-electron chi connectivity index (χ0n) is 10.8. The Hall–Kier alpha value is -1.68. The summed E-state index contributed by atoms with van der Waals surface area (Å²) in [4.78, 5) is 13.8. The molecule has 0 atom stereocenters. The summed E-state index contributed by atoms with van der Waals surface area (Å²) in [5.41, 5.74) is 0.658. The highest BCUT2D eigenvalue weighted by Crippen LogP contribution is 2.24. The van der Waals surface area contributed by atoms with Crippen LogP contribution in [0.5, 0.6) is 0 Å². The first kappa shape index (κ1) is 13.7. The largest absolute Gasteiger partial charge is 0.395 e. The first-order valence-electron chi connectivity index (χ1n) is 6.56. The maximum atomic E-state index is 13.0. The van der Waals surface area contributed by atoms with E-state index in [0.29, 0.717) is 12.1 Å². The number of hydrogen-bond donors (Lipinski definition) is 1. The van der Waals surface area contributed by atoms with Crippen molar-refractivity contribution in [3.8, 4) is 0 Å². The molecule has 1 aromatic rings. The third-order valence-electron chi connectivity index (χ3n) is 3.41. The van der Waals surface area contributed by atoms with Gasteiger partial charge in [0, 0.05) is 18.7 Å². The van der Waals surface area contributed by atoms with Gasteiger partial charge in [0.05, 0.1) is 6.61 Å². The third kappa shape index (κ3) is 3.64. The summed E-state index contributed by atoms with van der Waals surface area (Å²) < 4.78 is 13.0. The minimum absolute atomic E-state index is 0.0317. The second kappa shape index (κ2) is 6.48. The van der Waals surface area contributed by atoms with Gasteiger partial charge in [-0.15, -0.1) is 0 Å². The Bertz CT molecular complexity index is 469. The van der Waals surface area contributed by atoms with Gasteiger partial charge >= 0.3 is 0 Å². The van der Waals surface area contributed by atoms with Crippen LogP contribution in [0, 0.1) is 5.82 Å². The fourth-order valence-electron chi connectivity index (χ4n) is 2.15. The summed E-state index contributed by atoms with van der Waals surface area (Å²) in [6.45, 7) is 0.326. The normalized spacial score (nSPS) is 15.5. The van der Waals surface area contributed by atoms with Gasteiger partial charge in [0.2, 0.25) is 5.91 Å². The molecular formula is C15H18FNO2. The molecule has 1 fully saturated rings. The zero-order valence-corrected chi connectivity index (χ0v) is 10.8. The lowest BCUT2D eigenvalue weighted by Crippen LogP contribution is -2.44. The average Bonchev–Trinajstić information content (AvgIpc) is 2.33. The van der Waals surface area contributed by atoms with Crippen molar-refractivity contribution in [2.75, 3.05) is 13.2 Å². The van der Waals surface area contributed by atoms with Crippen LogP contribution in [0.1, 0.15) is 24.8 Å². The maximum Gasteiger partial charge on any atom is 0.246 e. The van der Waals surface area contributed by atoms with Gasteiger partial charge < -0.3 is 10.0 Å². The van der Waals surface area contributed by atoms with Gasteiger partial charge in [-0.3, -0.25) is 4.79 Å². The number of carbonyl (C=O) groups excluding carboxylic acids is 1. The van der Waals surface area contributed by atoms with Crippen molar-refractivity contribution < 1.29 is 14.3 Å². The average molecular weight is 263 g/mol. The fourth-order valence-corrected chi connectivity index (χ4v) is 2.15. The molecule has 1 aliphatic carbocycles. The van der Waals surface area contributed by atoms with Crippen LogP contribution in [-0.2, 0) is 4.79 Å². The molecule has 0 bridgehead atoms. The standard InChI is InChI=1S/C15H18FNO2/c16-13-4-1-3-12(11-13)7-8-15(19)17(9-10-18)14-5-2-6-14/h1,3-4,7-8,11,14,18H,2,5-6,9-10H2/b8-7+. The Balaban J connectivity index is 2.01. The number of halogens is 1. The number of carbonyl (C=O) groups is 1. The van der Waals surface area contributed by atoms with Gasteiger partial charge in [0.25, 0.3) is 0 Å². The second-order valence-corrected chi connectivity index (χ2v) is 4.73. The van der Waals surface area contributed by atoms with E-state index < -0.39 is 0 Å². The van der Waals surface area contributed by atoms with Crippen molar-refractivity contribution in [1.29, 1.82) is 0 Å².